The summed E-state index contributed by atoms with van der Waals surface area (Å²) >= 11 is 5.17. The van der Waals surface area contributed by atoms with Gasteiger partial charge in [-0.05, 0) is 25.7 Å². The minimum Gasteiger partial charge on any atom is -0.392 e. The van der Waals surface area contributed by atoms with E-state index in [1.54, 1.807) is 0 Å². The van der Waals surface area contributed by atoms with Gasteiger partial charge in [-0.1, -0.05) is 51.7 Å². The Morgan fingerprint density at radius 1 is 1.33 bits per heavy atom. The van der Waals surface area contributed by atoms with Crippen LogP contribution in [-0.2, 0) is 4.79 Å². The Morgan fingerprint density at radius 2 is 1.89 bits per heavy atom. The summed E-state index contributed by atoms with van der Waals surface area (Å²) in [5.41, 5.74) is 5.27. The van der Waals surface area contributed by atoms with E-state index in [2.05, 4.69) is 26.1 Å². The summed E-state index contributed by atoms with van der Waals surface area (Å²) < 4.78 is 0. The Hall–Kier alpha value is -0.640. The largest absolute Gasteiger partial charge is 0.392 e. The summed E-state index contributed by atoms with van der Waals surface area (Å²) in [6.45, 7) is 6.35. The van der Waals surface area contributed by atoms with Crippen LogP contribution in [0.4, 0.5) is 0 Å². The zero-order valence-corrected chi connectivity index (χ0v) is 12.6. The fraction of sp³-hybridized carbons (Fsp3) is 0.857. The first kappa shape index (κ1) is 15.4. The van der Waals surface area contributed by atoms with Gasteiger partial charge in [0.15, 0.2) is 0 Å². The first-order valence-corrected chi connectivity index (χ1v) is 7.45. The average molecular weight is 270 g/mol. The normalized spacial score (nSPS) is 21.9. The summed E-state index contributed by atoms with van der Waals surface area (Å²) in [6.07, 6.45) is 5.94. The smallest absolute Gasteiger partial charge is 0.233 e. The van der Waals surface area contributed by atoms with Gasteiger partial charge in [-0.25, -0.2) is 0 Å². The Morgan fingerprint density at radius 3 is 2.33 bits per heavy atom. The van der Waals surface area contributed by atoms with Crippen molar-refractivity contribution in [2.45, 2.75) is 65.3 Å². The molecule has 2 atom stereocenters. The van der Waals surface area contributed by atoms with Crippen LogP contribution in [0.2, 0.25) is 0 Å². The molecule has 104 valence electrons. The number of amides is 1. The van der Waals surface area contributed by atoms with Crippen LogP contribution in [0.5, 0.6) is 0 Å². The van der Waals surface area contributed by atoms with Crippen molar-refractivity contribution >= 4 is 23.1 Å². The second-order valence-electron chi connectivity index (χ2n) is 5.65. The lowest BCUT2D eigenvalue weighted by Crippen LogP contribution is -2.53. The molecule has 0 radical (unpaired) electrons. The number of nitrogens with two attached hydrogens (primary N) is 1. The summed E-state index contributed by atoms with van der Waals surface area (Å²) in [4.78, 5) is 12.9. The van der Waals surface area contributed by atoms with Gasteiger partial charge in [0, 0.05) is 6.04 Å². The summed E-state index contributed by atoms with van der Waals surface area (Å²) in [7, 11) is 0. The lowest BCUT2D eigenvalue weighted by atomic mass is 9.73. The van der Waals surface area contributed by atoms with E-state index in [0.717, 1.165) is 32.1 Å². The summed E-state index contributed by atoms with van der Waals surface area (Å²) in [5, 5.41) is 3.12. The monoisotopic (exact) mass is 270 g/mol. The molecule has 3 nitrogen and oxygen atoms in total. The topological polar surface area (TPSA) is 55.1 Å². The van der Waals surface area contributed by atoms with Crippen LogP contribution in [0.25, 0.3) is 0 Å². The van der Waals surface area contributed by atoms with E-state index in [1.807, 2.05) is 0 Å². The minimum absolute atomic E-state index is 0.0440. The van der Waals surface area contributed by atoms with Crippen molar-refractivity contribution in [3.8, 4) is 0 Å². The second kappa shape index (κ2) is 6.50. The molecule has 18 heavy (non-hydrogen) atoms. The van der Waals surface area contributed by atoms with Crippen molar-refractivity contribution in [3.05, 3.63) is 0 Å². The molecule has 0 heterocycles. The molecule has 3 N–H and O–H groups in total. The Labute approximate surface area is 116 Å². The van der Waals surface area contributed by atoms with Crippen molar-refractivity contribution in [1.29, 1.82) is 0 Å². The van der Waals surface area contributed by atoms with E-state index in [1.165, 1.54) is 6.42 Å². The van der Waals surface area contributed by atoms with Gasteiger partial charge in [-0.3, -0.25) is 4.79 Å². The molecular formula is C14H26N2OS. The molecule has 0 aromatic rings. The van der Waals surface area contributed by atoms with Crippen molar-refractivity contribution in [3.63, 3.8) is 0 Å². The average Bonchev–Trinajstić information content (AvgIpc) is 2.38. The quantitative estimate of drug-likeness (QED) is 0.755. The number of hydrogen-bond donors (Lipinski definition) is 2. The van der Waals surface area contributed by atoms with E-state index in [4.69, 9.17) is 18.0 Å². The molecular weight excluding hydrogens is 244 g/mol. The van der Waals surface area contributed by atoms with Gasteiger partial charge in [0.25, 0.3) is 0 Å². The van der Waals surface area contributed by atoms with Crippen LogP contribution in [0.1, 0.15) is 59.3 Å². The SMILES string of the molecule is CCC(C)C(C)NC(=O)C1(C(N)=S)CCCCC1. The fourth-order valence-corrected chi connectivity index (χ4v) is 2.88. The van der Waals surface area contributed by atoms with E-state index in [9.17, 15) is 4.79 Å². The first-order chi connectivity index (χ1) is 8.44. The minimum atomic E-state index is -0.588. The van der Waals surface area contributed by atoms with Crippen LogP contribution >= 0.6 is 12.2 Å². The molecule has 1 rings (SSSR count). The molecule has 1 fully saturated rings. The van der Waals surface area contributed by atoms with E-state index >= 15 is 0 Å². The van der Waals surface area contributed by atoms with Crippen molar-refractivity contribution in [2.24, 2.45) is 17.1 Å². The van der Waals surface area contributed by atoms with Crippen LogP contribution in [0.15, 0.2) is 0 Å². The van der Waals surface area contributed by atoms with Crippen molar-refractivity contribution in [1.82, 2.24) is 5.32 Å². The van der Waals surface area contributed by atoms with Crippen LogP contribution in [0, 0.1) is 11.3 Å². The zero-order valence-electron chi connectivity index (χ0n) is 11.8. The Bertz CT molecular complexity index is 311. The predicted octanol–water partition coefficient (Wildman–Crippen LogP) is 2.77. The van der Waals surface area contributed by atoms with Gasteiger partial charge in [0.1, 0.15) is 0 Å². The lowest BCUT2D eigenvalue weighted by Gasteiger charge is -2.36. The Balaban J connectivity index is 2.75. The van der Waals surface area contributed by atoms with Gasteiger partial charge in [0.2, 0.25) is 5.91 Å². The number of nitrogens with one attached hydrogen (secondary N) is 1. The first-order valence-electron chi connectivity index (χ1n) is 7.05. The number of thiocarbonyl (C=S) groups is 1. The highest BCUT2D eigenvalue weighted by molar-refractivity contribution is 7.80. The van der Waals surface area contributed by atoms with Gasteiger partial charge in [-0.2, -0.15) is 0 Å². The third-order valence-corrected chi connectivity index (χ3v) is 4.86. The molecule has 0 saturated heterocycles. The van der Waals surface area contributed by atoms with Gasteiger partial charge < -0.3 is 11.1 Å². The highest BCUT2D eigenvalue weighted by atomic mass is 32.1. The number of carbonyl (C=O) groups excluding carboxylic acids is 1. The maximum atomic E-state index is 12.5. The number of carbonyl (C=O) groups is 1. The molecule has 0 bridgehead atoms. The van der Waals surface area contributed by atoms with Crippen LogP contribution in [-0.4, -0.2) is 16.9 Å². The van der Waals surface area contributed by atoms with E-state index in [0.29, 0.717) is 10.9 Å². The molecule has 1 amide bonds. The molecule has 4 heteroatoms. The molecule has 0 aromatic heterocycles. The van der Waals surface area contributed by atoms with Crippen molar-refractivity contribution < 1.29 is 4.79 Å². The summed E-state index contributed by atoms with van der Waals surface area (Å²) in [5.74, 6) is 0.517. The molecule has 1 aliphatic carbocycles. The molecule has 1 aliphatic rings. The van der Waals surface area contributed by atoms with Gasteiger partial charge in [-0.15, -0.1) is 0 Å². The molecule has 0 aromatic carbocycles. The van der Waals surface area contributed by atoms with Crippen LogP contribution < -0.4 is 11.1 Å². The highest BCUT2D eigenvalue weighted by Gasteiger charge is 2.42. The molecule has 1 saturated carbocycles. The lowest BCUT2D eigenvalue weighted by molar-refractivity contribution is -0.129. The van der Waals surface area contributed by atoms with Gasteiger partial charge in [0.05, 0.1) is 10.4 Å². The maximum absolute atomic E-state index is 12.5. The van der Waals surface area contributed by atoms with E-state index in [-0.39, 0.29) is 11.9 Å². The van der Waals surface area contributed by atoms with Crippen LogP contribution in [0.3, 0.4) is 0 Å². The van der Waals surface area contributed by atoms with Crippen molar-refractivity contribution in [2.75, 3.05) is 0 Å². The highest BCUT2D eigenvalue weighted by Crippen LogP contribution is 2.37. The fourth-order valence-electron chi connectivity index (χ4n) is 2.58. The summed E-state index contributed by atoms with van der Waals surface area (Å²) in [6, 6.07) is 0.177. The molecule has 0 aliphatic heterocycles. The second-order valence-corrected chi connectivity index (χ2v) is 6.09. The molecule has 0 spiro atoms. The standard InChI is InChI=1S/C14H26N2OS/c1-4-10(2)11(3)16-13(17)14(12(15)18)8-6-5-7-9-14/h10-11H,4-9H2,1-3H3,(H2,15,18)(H,16,17). The Kier molecular flexibility index (Phi) is 5.57. The molecule has 2 unspecified atom stereocenters. The predicted molar refractivity (Wildman–Crippen MR) is 79.4 cm³/mol. The van der Waals surface area contributed by atoms with E-state index < -0.39 is 5.41 Å². The number of rotatable bonds is 5. The zero-order chi connectivity index (χ0) is 13.8. The third kappa shape index (κ3) is 3.22. The van der Waals surface area contributed by atoms with Gasteiger partial charge >= 0.3 is 0 Å². The third-order valence-electron chi connectivity index (χ3n) is 4.47. The maximum Gasteiger partial charge on any atom is 0.233 e. The number of hydrogen-bond acceptors (Lipinski definition) is 2.